The Morgan fingerprint density at radius 3 is 2.96 bits per heavy atom. The molecule has 2 aromatic rings. The first kappa shape index (κ1) is 16.9. The minimum atomic E-state index is -0.473. The number of nitrogens with one attached hydrogen (secondary N) is 1. The van der Waals surface area contributed by atoms with E-state index in [0.717, 1.165) is 5.69 Å². The maximum atomic E-state index is 13.3. The number of halogens is 1. The Morgan fingerprint density at radius 1 is 1.43 bits per heavy atom. The number of nitrogens with zero attached hydrogens (tertiary/aromatic N) is 3. The zero-order valence-corrected chi connectivity index (χ0v) is 13.4. The summed E-state index contributed by atoms with van der Waals surface area (Å²) in [4.78, 5) is 19.9. The highest BCUT2D eigenvalue weighted by molar-refractivity contribution is 7.98. The summed E-state index contributed by atoms with van der Waals surface area (Å²) in [5.41, 5.74) is 3.29. The number of amides is 1. The van der Waals surface area contributed by atoms with Gasteiger partial charge in [0.1, 0.15) is 5.82 Å². The van der Waals surface area contributed by atoms with Crippen molar-refractivity contribution in [2.45, 2.75) is 12.1 Å². The third-order valence-electron chi connectivity index (χ3n) is 2.64. The molecule has 1 heterocycles. The topological polar surface area (TPSA) is 76.5 Å². The van der Waals surface area contributed by atoms with Crippen molar-refractivity contribution in [3.8, 4) is 5.88 Å². The number of thioether (sulfide) groups is 1. The van der Waals surface area contributed by atoms with Crippen LogP contribution in [-0.4, -0.2) is 35.0 Å². The SMILES string of the molecule is CSc1nc(C)cc(OCC(=O)N/N=C\c2ccccc2F)n1. The quantitative estimate of drug-likeness (QED) is 0.379. The highest BCUT2D eigenvalue weighted by Crippen LogP contribution is 2.15. The van der Waals surface area contributed by atoms with Gasteiger partial charge in [0.05, 0.1) is 6.21 Å². The molecule has 0 unspecified atom stereocenters. The molecule has 0 saturated heterocycles. The Bertz CT molecular complexity index is 724. The van der Waals surface area contributed by atoms with Crippen LogP contribution in [0.15, 0.2) is 40.6 Å². The lowest BCUT2D eigenvalue weighted by Gasteiger charge is -2.06. The average Bonchev–Trinajstić information content (AvgIpc) is 2.54. The molecule has 0 radical (unpaired) electrons. The number of aromatic nitrogens is 2. The summed E-state index contributed by atoms with van der Waals surface area (Å²) >= 11 is 1.38. The summed E-state index contributed by atoms with van der Waals surface area (Å²) < 4.78 is 18.6. The van der Waals surface area contributed by atoms with Crippen LogP contribution in [0.2, 0.25) is 0 Å². The molecule has 6 nitrogen and oxygen atoms in total. The van der Waals surface area contributed by atoms with E-state index in [1.807, 2.05) is 13.2 Å². The molecule has 120 valence electrons. The second-order valence-electron chi connectivity index (χ2n) is 4.44. The van der Waals surface area contributed by atoms with E-state index in [4.69, 9.17) is 4.74 Å². The molecule has 1 aromatic heterocycles. The fourth-order valence-electron chi connectivity index (χ4n) is 1.60. The molecule has 1 N–H and O–H groups in total. The van der Waals surface area contributed by atoms with Crippen LogP contribution in [-0.2, 0) is 4.79 Å². The Balaban J connectivity index is 1.86. The van der Waals surface area contributed by atoms with E-state index < -0.39 is 11.7 Å². The molecule has 0 aliphatic rings. The van der Waals surface area contributed by atoms with Crippen molar-refractivity contribution < 1.29 is 13.9 Å². The van der Waals surface area contributed by atoms with E-state index in [1.54, 1.807) is 24.3 Å². The molecule has 1 amide bonds. The number of hydrogen-bond donors (Lipinski definition) is 1. The van der Waals surface area contributed by atoms with Crippen molar-refractivity contribution in [3.63, 3.8) is 0 Å². The summed E-state index contributed by atoms with van der Waals surface area (Å²) in [6, 6.07) is 7.75. The van der Waals surface area contributed by atoms with Gasteiger partial charge in [-0.1, -0.05) is 30.0 Å². The minimum Gasteiger partial charge on any atom is -0.467 e. The molecule has 2 rings (SSSR count). The van der Waals surface area contributed by atoms with E-state index in [0.29, 0.717) is 11.0 Å². The van der Waals surface area contributed by atoms with Gasteiger partial charge in [-0.3, -0.25) is 4.79 Å². The highest BCUT2D eigenvalue weighted by atomic mass is 32.2. The van der Waals surface area contributed by atoms with Crippen molar-refractivity contribution in [3.05, 3.63) is 47.4 Å². The second-order valence-corrected chi connectivity index (χ2v) is 5.21. The zero-order valence-electron chi connectivity index (χ0n) is 12.6. The number of carbonyl (C=O) groups excluding carboxylic acids is 1. The summed E-state index contributed by atoms with van der Waals surface area (Å²) in [5.74, 6) is -0.572. The van der Waals surface area contributed by atoms with Gasteiger partial charge in [0.2, 0.25) is 5.88 Å². The number of carbonyl (C=O) groups is 1. The number of benzene rings is 1. The van der Waals surface area contributed by atoms with Gasteiger partial charge in [0, 0.05) is 17.3 Å². The number of rotatable bonds is 6. The lowest BCUT2D eigenvalue weighted by atomic mass is 10.2. The van der Waals surface area contributed by atoms with Gasteiger partial charge in [0.15, 0.2) is 11.8 Å². The van der Waals surface area contributed by atoms with Gasteiger partial charge in [-0.15, -0.1) is 0 Å². The van der Waals surface area contributed by atoms with Gasteiger partial charge in [-0.05, 0) is 19.2 Å². The van der Waals surface area contributed by atoms with Crippen LogP contribution in [0.25, 0.3) is 0 Å². The Morgan fingerprint density at radius 2 is 2.22 bits per heavy atom. The fourth-order valence-corrected chi connectivity index (χ4v) is 2.02. The van der Waals surface area contributed by atoms with Crippen molar-refractivity contribution in [2.75, 3.05) is 12.9 Å². The lowest BCUT2D eigenvalue weighted by Crippen LogP contribution is -2.25. The highest BCUT2D eigenvalue weighted by Gasteiger charge is 2.06. The first-order chi connectivity index (χ1) is 11.1. The Hall–Kier alpha value is -2.48. The molecule has 0 aliphatic heterocycles. The number of hydrogen-bond acceptors (Lipinski definition) is 6. The van der Waals surface area contributed by atoms with E-state index in [2.05, 4.69) is 20.5 Å². The molecule has 8 heteroatoms. The maximum absolute atomic E-state index is 13.3. The lowest BCUT2D eigenvalue weighted by molar-refractivity contribution is -0.123. The summed E-state index contributed by atoms with van der Waals surface area (Å²) in [7, 11) is 0. The molecule has 23 heavy (non-hydrogen) atoms. The smallest absolute Gasteiger partial charge is 0.278 e. The zero-order chi connectivity index (χ0) is 16.7. The van der Waals surface area contributed by atoms with Crippen LogP contribution in [0.3, 0.4) is 0 Å². The van der Waals surface area contributed by atoms with E-state index in [-0.39, 0.29) is 12.2 Å². The first-order valence-electron chi connectivity index (χ1n) is 6.67. The van der Waals surface area contributed by atoms with Crippen LogP contribution in [0, 0.1) is 12.7 Å². The van der Waals surface area contributed by atoms with Gasteiger partial charge < -0.3 is 4.74 Å². The molecule has 0 fully saturated rings. The van der Waals surface area contributed by atoms with Crippen LogP contribution >= 0.6 is 11.8 Å². The Kier molecular flexibility index (Phi) is 6.04. The average molecular weight is 334 g/mol. The summed E-state index contributed by atoms with van der Waals surface area (Å²) in [6.07, 6.45) is 3.08. The van der Waals surface area contributed by atoms with E-state index >= 15 is 0 Å². The van der Waals surface area contributed by atoms with Crippen molar-refractivity contribution in [1.82, 2.24) is 15.4 Å². The van der Waals surface area contributed by atoms with Crippen LogP contribution in [0.1, 0.15) is 11.3 Å². The third-order valence-corrected chi connectivity index (χ3v) is 3.19. The molecule has 0 aliphatic carbocycles. The predicted octanol–water partition coefficient (Wildman–Crippen LogP) is 2.18. The largest absolute Gasteiger partial charge is 0.467 e. The van der Waals surface area contributed by atoms with Gasteiger partial charge in [0.25, 0.3) is 5.91 Å². The molecular formula is C15H15FN4O2S. The second kappa shape index (κ2) is 8.23. The summed E-state index contributed by atoms with van der Waals surface area (Å²) in [6.45, 7) is 1.56. The third kappa shape index (κ3) is 5.33. The van der Waals surface area contributed by atoms with Crippen molar-refractivity contribution in [2.24, 2.45) is 5.10 Å². The van der Waals surface area contributed by atoms with Gasteiger partial charge in [-0.25, -0.2) is 14.8 Å². The normalized spacial score (nSPS) is 10.7. The number of aryl methyl sites for hydroxylation is 1. The molecule has 0 saturated carbocycles. The van der Waals surface area contributed by atoms with Crippen LogP contribution < -0.4 is 10.2 Å². The Labute approximate surface area is 137 Å². The molecule has 0 bridgehead atoms. The van der Waals surface area contributed by atoms with Crippen molar-refractivity contribution in [1.29, 1.82) is 0 Å². The fraction of sp³-hybridized carbons (Fsp3) is 0.200. The molecule has 0 spiro atoms. The maximum Gasteiger partial charge on any atom is 0.278 e. The van der Waals surface area contributed by atoms with E-state index in [9.17, 15) is 9.18 Å². The number of hydrazone groups is 1. The molecule has 0 atom stereocenters. The first-order valence-corrected chi connectivity index (χ1v) is 7.90. The van der Waals surface area contributed by atoms with Crippen LogP contribution in [0.4, 0.5) is 4.39 Å². The standard InChI is InChI=1S/C15H15FN4O2S/c1-10-7-14(19-15(18-10)23-2)22-9-13(21)20-17-8-11-5-3-4-6-12(11)16/h3-8H,9H2,1-2H3,(H,20,21)/b17-8-. The predicted molar refractivity (Wildman–Crippen MR) is 86.2 cm³/mol. The summed E-state index contributed by atoms with van der Waals surface area (Å²) in [5, 5.41) is 4.25. The van der Waals surface area contributed by atoms with Crippen LogP contribution in [0.5, 0.6) is 5.88 Å². The van der Waals surface area contributed by atoms with Gasteiger partial charge >= 0.3 is 0 Å². The van der Waals surface area contributed by atoms with Gasteiger partial charge in [-0.2, -0.15) is 10.1 Å². The minimum absolute atomic E-state index is 0.251. The molecular weight excluding hydrogens is 319 g/mol. The monoisotopic (exact) mass is 334 g/mol. The number of ether oxygens (including phenoxy) is 1. The molecule has 1 aromatic carbocycles. The van der Waals surface area contributed by atoms with Crippen molar-refractivity contribution >= 4 is 23.9 Å². The van der Waals surface area contributed by atoms with E-state index in [1.165, 1.54) is 24.0 Å².